The van der Waals surface area contributed by atoms with Crippen molar-refractivity contribution in [2.75, 3.05) is 29.9 Å². The quantitative estimate of drug-likeness (QED) is 0.871. The van der Waals surface area contributed by atoms with Gasteiger partial charge < -0.3 is 15.3 Å². The standard InChI is InChI=1S/C13H21FN4O/c1-3-6-15-12-16-9-10(14)11(17-12)18-7-4-13(2,19)5-8-18/h9,19H,3-8H2,1-2H3,(H,15,16,17). The molecule has 0 aliphatic carbocycles. The lowest BCUT2D eigenvalue weighted by Crippen LogP contribution is -2.43. The van der Waals surface area contributed by atoms with Crippen molar-refractivity contribution in [3.8, 4) is 0 Å². The minimum Gasteiger partial charge on any atom is -0.390 e. The lowest BCUT2D eigenvalue weighted by Gasteiger charge is -2.36. The highest BCUT2D eigenvalue weighted by molar-refractivity contribution is 5.44. The topological polar surface area (TPSA) is 61.3 Å². The number of halogens is 1. The van der Waals surface area contributed by atoms with E-state index < -0.39 is 11.4 Å². The summed E-state index contributed by atoms with van der Waals surface area (Å²) in [6, 6.07) is 0. The summed E-state index contributed by atoms with van der Waals surface area (Å²) < 4.78 is 13.8. The minimum atomic E-state index is -0.650. The number of piperidine rings is 1. The number of hydrogen-bond donors (Lipinski definition) is 2. The molecule has 0 amide bonds. The van der Waals surface area contributed by atoms with Crippen molar-refractivity contribution in [2.45, 2.75) is 38.7 Å². The SMILES string of the molecule is CCCNc1ncc(F)c(N2CCC(C)(O)CC2)n1. The maximum absolute atomic E-state index is 13.8. The Balaban J connectivity index is 2.10. The molecule has 0 aromatic carbocycles. The van der Waals surface area contributed by atoms with E-state index in [2.05, 4.69) is 15.3 Å². The van der Waals surface area contributed by atoms with Gasteiger partial charge in [-0.2, -0.15) is 4.98 Å². The van der Waals surface area contributed by atoms with Crippen molar-refractivity contribution >= 4 is 11.8 Å². The van der Waals surface area contributed by atoms with E-state index in [4.69, 9.17) is 0 Å². The average Bonchev–Trinajstić information content (AvgIpc) is 2.38. The fourth-order valence-electron chi connectivity index (χ4n) is 2.10. The maximum atomic E-state index is 13.8. The van der Waals surface area contributed by atoms with Gasteiger partial charge in [0.25, 0.3) is 0 Å². The molecule has 0 spiro atoms. The summed E-state index contributed by atoms with van der Waals surface area (Å²) in [4.78, 5) is 10.0. The average molecular weight is 268 g/mol. The fourth-order valence-corrected chi connectivity index (χ4v) is 2.10. The molecular formula is C13H21FN4O. The Bertz CT molecular complexity index is 429. The van der Waals surface area contributed by atoms with E-state index in [0.717, 1.165) is 13.0 Å². The molecule has 19 heavy (non-hydrogen) atoms. The molecule has 0 unspecified atom stereocenters. The van der Waals surface area contributed by atoms with Crippen molar-refractivity contribution in [3.05, 3.63) is 12.0 Å². The summed E-state index contributed by atoms with van der Waals surface area (Å²) in [5.41, 5.74) is -0.650. The number of hydrogen-bond acceptors (Lipinski definition) is 5. The number of aliphatic hydroxyl groups is 1. The lowest BCUT2D eigenvalue weighted by molar-refractivity contribution is 0.0349. The molecule has 1 aliphatic heterocycles. The van der Waals surface area contributed by atoms with Gasteiger partial charge in [0.05, 0.1) is 11.8 Å². The number of nitrogens with zero attached hydrogens (tertiary/aromatic N) is 3. The minimum absolute atomic E-state index is 0.323. The van der Waals surface area contributed by atoms with Crippen LogP contribution in [0.2, 0.25) is 0 Å². The van der Waals surface area contributed by atoms with Gasteiger partial charge in [-0.25, -0.2) is 9.37 Å². The van der Waals surface area contributed by atoms with Crippen LogP contribution in [0.25, 0.3) is 0 Å². The maximum Gasteiger partial charge on any atom is 0.224 e. The largest absolute Gasteiger partial charge is 0.390 e. The van der Waals surface area contributed by atoms with Crippen LogP contribution in [0, 0.1) is 5.82 Å². The first-order valence-electron chi connectivity index (χ1n) is 6.75. The number of anilines is 2. The van der Waals surface area contributed by atoms with Crippen molar-refractivity contribution in [1.82, 2.24) is 9.97 Å². The molecule has 1 saturated heterocycles. The summed E-state index contributed by atoms with van der Waals surface area (Å²) in [7, 11) is 0. The Morgan fingerprint density at radius 3 is 2.79 bits per heavy atom. The van der Waals surface area contributed by atoms with Crippen LogP contribution in [0.15, 0.2) is 6.20 Å². The molecular weight excluding hydrogens is 247 g/mol. The van der Waals surface area contributed by atoms with Crippen molar-refractivity contribution in [2.24, 2.45) is 0 Å². The van der Waals surface area contributed by atoms with E-state index in [1.165, 1.54) is 6.20 Å². The van der Waals surface area contributed by atoms with Crippen LogP contribution in [-0.4, -0.2) is 40.3 Å². The highest BCUT2D eigenvalue weighted by Crippen LogP contribution is 2.26. The number of aromatic nitrogens is 2. The van der Waals surface area contributed by atoms with Crippen molar-refractivity contribution in [1.29, 1.82) is 0 Å². The second-order valence-electron chi connectivity index (χ2n) is 5.28. The molecule has 1 aromatic heterocycles. The molecule has 2 rings (SSSR count). The Hall–Kier alpha value is -1.43. The van der Waals surface area contributed by atoms with Gasteiger partial charge in [-0.1, -0.05) is 6.92 Å². The zero-order chi connectivity index (χ0) is 13.9. The molecule has 106 valence electrons. The summed E-state index contributed by atoms with van der Waals surface area (Å²) in [5.74, 6) is 0.364. The second-order valence-corrected chi connectivity index (χ2v) is 5.28. The first-order chi connectivity index (χ1) is 9.02. The van der Waals surface area contributed by atoms with E-state index >= 15 is 0 Å². The van der Waals surface area contributed by atoms with Gasteiger partial charge in [-0.05, 0) is 26.2 Å². The van der Waals surface area contributed by atoms with Crippen LogP contribution in [0.1, 0.15) is 33.1 Å². The molecule has 1 aromatic rings. The Morgan fingerprint density at radius 1 is 1.47 bits per heavy atom. The first-order valence-corrected chi connectivity index (χ1v) is 6.75. The zero-order valence-electron chi connectivity index (χ0n) is 11.5. The van der Waals surface area contributed by atoms with Crippen molar-refractivity contribution in [3.63, 3.8) is 0 Å². The summed E-state index contributed by atoms with van der Waals surface area (Å²) in [5, 5.41) is 13.0. The molecule has 2 heterocycles. The zero-order valence-corrected chi connectivity index (χ0v) is 11.5. The van der Waals surface area contributed by atoms with Gasteiger partial charge in [0.15, 0.2) is 11.6 Å². The van der Waals surface area contributed by atoms with Crippen LogP contribution < -0.4 is 10.2 Å². The third-order valence-corrected chi connectivity index (χ3v) is 3.40. The molecule has 1 aliphatic rings. The molecule has 0 saturated carbocycles. The highest BCUT2D eigenvalue weighted by atomic mass is 19.1. The Kier molecular flexibility index (Phi) is 4.19. The molecule has 1 fully saturated rings. The third kappa shape index (κ3) is 3.53. The Morgan fingerprint density at radius 2 is 2.16 bits per heavy atom. The smallest absolute Gasteiger partial charge is 0.224 e. The molecule has 0 bridgehead atoms. The summed E-state index contributed by atoms with van der Waals surface area (Å²) >= 11 is 0. The van der Waals surface area contributed by atoms with Crippen LogP contribution in [0.3, 0.4) is 0 Å². The Labute approximate surface area is 112 Å². The van der Waals surface area contributed by atoms with Crippen LogP contribution in [0.5, 0.6) is 0 Å². The normalized spacial score (nSPS) is 18.4. The van der Waals surface area contributed by atoms with E-state index in [-0.39, 0.29) is 0 Å². The molecule has 5 nitrogen and oxygen atoms in total. The van der Waals surface area contributed by atoms with Gasteiger partial charge in [-0.15, -0.1) is 0 Å². The fraction of sp³-hybridized carbons (Fsp3) is 0.692. The third-order valence-electron chi connectivity index (χ3n) is 3.40. The molecule has 6 heteroatoms. The molecule has 0 atom stereocenters. The first kappa shape index (κ1) is 14.0. The lowest BCUT2D eigenvalue weighted by atomic mass is 9.94. The van der Waals surface area contributed by atoms with Gasteiger partial charge in [0.1, 0.15) is 0 Å². The monoisotopic (exact) mass is 268 g/mol. The van der Waals surface area contributed by atoms with E-state index in [9.17, 15) is 9.50 Å². The van der Waals surface area contributed by atoms with Gasteiger partial charge in [0, 0.05) is 19.6 Å². The second kappa shape index (κ2) is 5.69. The predicted octanol–water partition coefficient (Wildman–Crippen LogP) is 1.79. The molecule has 0 radical (unpaired) electrons. The summed E-state index contributed by atoms with van der Waals surface area (Å²) in [6.07, 6.45) is 3.40. The van der Waals surface area contributed by atoms with E-state index in [1.807, 2.05) is 18.7 Å². The van der Waals surface area contributed by atoms with E-state index in [1.54, 1.807) is 0 Å². The van der Waals surface area contributed by atoms with Gasteiger partial charge in [-0.3, -0.25) is 0 Å². The predicted molar refractivity (Wildman–Crippen MR) is 72.8 cm³/mol. The number of rotatable bonds is 4. The van der Waals surface area contributed by atoms with Crippen LogP contribution in [-0.2, 0) is 0 Å². The van der Waals surface area contributed by atoms with Gasteiger partial charge in [0.2, 0.25) is 5.95 Å². The van der Waals surface area contributed by atoms with Crippen LogP contribution >= 0.6 is 0 Å². The highest BCUT2D eigenvalue weighted by Gasteiger charge is 2.29. The van der Waals surface area contributed by atoms with Crippen molar-refractivity contribution < 1.29 is 9.50 Å². The van der Waals surface area contributed by atoms with Crippen LogP contribution in [0.4, 0.5) is 16.2 Å². The summed E-state index contributed by atoms with van der Waals surface area (Å²) in [6.45, 7) is 5.83. The molecule has 2 N–H and O–H groups in total. The van der Waals surface area contributed by atoms with Gasteiger partial charge >= 0.3 is 0 Å². The van der Waals surface area contributed by atoms with E-state index in [0.29, 0.717) is 37.7 Å². The number of nitrogens with one attached hydrogen (secondary N) is 1.